The third kappa shape index (κ3) is 10.5. The second kappa shape index (κ2) is 16.9. The first kappa shape index (κ1) is 33.2. The maximum atomic E-state index is 12.3. The fraction of sp³-hybridized carbons (Fsp3) is 0.200. The van der Waals surface area contributed by atoms with Crippen LogP contribution in [0, 0.1) is 36.5 Å². The maximum Gasteiger partial charge on any atom is 0.311 e. The molecule has 0 fully saturated rings. The van der Waals surface area contributed by atoms with E-state index >= 15 is 0 Å². The fourth-order valence-corrected chi connectivity index (χ4v) is 4.68. The van der Waals surface area contributed by atoms with Gasteiger partial charge in [-0.05, 0) is 85.4 Å². The van der Waals surface area contributed by atoms with Gasteiger partial charge in [-0.3, -0.25) is 9.59 Å². The van der Waals surface area contributed by atoms with Crippen molar-refractivity contribution >= 4 is 35.2 Å². The van der Waals surface area contributed by atoms with Gasteiger partial charge < -0.3 is 9.47 Å². The molecule has 4 aromatic rings. The number of unbranched alkanes of at least 4 members (excludes halogenated alkanes) is 3. The first-order valence-electron chi connectivity index (χ1n) is 15.3. The summed E-state index contributed by atoms with van der Waals surface area (Å²) in [5, 5.41) is 19.1. The number of hydrogen-bond donors (Lipinski definition) is 0. The molecule has 0 saturated heterocycles. The average molecular weight is 609 g/mol. The number of rotatable bonds is 13. The summed E-state index contributed by atoms with van der Waals surface area (Å²) in [6.45, 7) is 4.00. The predicted octanol–water partition coefficient (Wildman–Crippen LogP) is 9.28. The lowest BCUT2D eigenvalue weighted by Gasteiger charge is -2.06. The summed E-state index contributed by atoms with van der Waals surface area (Å²) in [6, 6.07) is 34.2. The Morgan fingerprint density at radius 1 is 0.543 bits per heavy atom. The first-order valence-corrected chi connectivity index (χ1v) is 15.3. The lowest BCUT2D eigenvalue weighted by atomic mass is 10.0. The zero-order chi connectivity index (χ0) is 32.7. The molecule has 0 aliphatic heterocycles. The van der Waals surface area contributed by atoms with Crippen molar-refractivity contribution in [1.82, 2.24) is 0 Å². The van der Waals surface area contributed by atoms with E-state index in [1.807, 2.05) is 86.6 Å². The summed E-state index contributed by atoms with van der Waals surface area (Å²) in [5.74, 6) is 0.303. The van der Waals surface area contributed by atoms with Gasteiger partial charge in [0.05, 0.1) is 23.3 Å². The van der Waals surface area contributed by atoms with Gasteiger partial charge in [0.1, 0.15) is 11.5 Å². The summed E-state index contributed by atoms with van der Waals surface area (Å²) < 4.78 is 10.9. The monoisotopic (exact) mass is 608 g/mol. The van der Waals surface area contributed by atoms with E-state index in [0.29, 0.717) is 35.5 Å². The van der Waals surface area contributed by atoms with Crippen molar-refractivity contribution < 1.29 is 19.1 Å². The van der Waals surface area contributed by atoms with Crippen molar-refractivity contribution in [2.75, 3.05) is 0 Å². The standard InChI is InChI=1S/C40H36N2O4/c1-29-9-17-33(18-10-29)35(27-41)25-31-13-21-37(22-14-31)45-39(43)7-5-3-4-6-8-40(44)46-38-23-15-32(16-24-38)26-36(28-42)34-19-11-30(2)12-20-34/h9-26H,3-8H2,1-2H3/b35-25-,36-26+. The lowest BCUT2D eigenvalue weighted by molar-refractivity contribution is -0.135. The average Bonchev–Trinajstić information content (AvgIpc) is 3.06. The molecule has 4 aromatic carbocycles. The van der Waals surface area contributed by atoms with E-state index in [0.717, 1.165) is 46.2 Å². The molecular formula is C40H36N2O4. The molecule has 230 valence electrons. The minimum absolute atomic E-state index is 0.288. The normalized spacial score (nSPS) is 11.3. The Hall–Kier alpha value is -5.72. The summed E-state index contributed by atoms with van der Waals surface area (Å²) in [6.07, 6.45) is 7.11. The van der Waals surface area contributed by atoms with Crippen LogP contribution in [0.4, 0.5) is 0 Å². The Kier molecular flexibility index (Phi) is 12.2. The fourth-order valence-electron chi connectivity index (χ4n) is 4.68. The number of allylic oxidation sites excluding steroid dienone is 2. The van der Waals surface area contributed by atoms with E-state index in [-0.39, 0.29) is 24.8 Å². The highest BCUT2D eigenvalue weighted by atomic mass is 16.5. The van der Waals surface area contributed by atoms with E-state index < -0.39 is 0 Å². The summed E-state index contributed by atoms with van der Waals surface area (Å²) in [4.78, 5) is 24.6. The molecular weight excluding hydrogens is 572 g/mol. The molecule has 6 nitrogen and oxygen atoms in total. The van der Waals surface area contributed by atoms with Crippen molar-refractivity contribution in [3.05, 3.63) is 130 Å². The van der Waals surface area contributed by atoms with Crippen LogP contribution >= 0.6 is 0 Å². The van der Waals surface area contributed by atoms with Crippen LogP contribution in [-0.2, 0) is 9.59 Å². The Bertz CT molecular complexity index is 1630. The molecule has 46 heavy (non-hydrogen) atoms. The van der Waals surface area contributed by atoms with E-state index in [1.165, 1.54) is 0 Å². The van der Waals surface area contributed by atoms with Gasteiger partial charge in [0.15, 0.2) is 0 Å². The van der Waals surface area contributed by atoms with Gasteiger partial charge in [-0.15, -0.1) is 0 Å². The van der Waals surface area contributed by atoms with Crippen LogP contribution in [0.15, 0.2) is 97.1 Å². The zero-order valence-electron chi connectivity index (χ0n) is 26.2. The van der Waals surface area contributed by atoms with Crippen molar-refractivity contribution in [2.24, 2.45) is 0 Å². The first-order chi connectivity index (χ1) is 22.3. The van der Waals surface area contributed by atoms with Gasteiger partial charge in [-0.1, -0.05) is 96.8 Å². The highest BCUT2D eigenvalue weighted by Gasteiger charge is 2.08. The maximum absolute atomic E-state index is 12.3. The summed E-state index contributed by atoms with van der Waals surface area (Å²) in [5.41, 5.74) is 6.77. The molecule has 0 unspecified atom stereocenters. The minimum atomic E-state index is -0.306. The quantitative estimate of drug-likeness (QED) is 0.0493. The molecule has 0 amide bonds. The van der Waals surface area contributed by atoms with Gasteiger partial charge in [0, 0.05) is 12.8 Å². The Labute approximate surface area is 270 Å². The SMILES string of the molecule is Cc1ccc(/C(C#N)=C/c2ccc(OC(=O)CCCCCCC(=O)Oc3ccc(/C=C(/C#N)c4ccc(C)cc4)cc3)cc2)cc1. The molecule has 0 heterocycles. The molecule has 4 rings (SSSR count). The Morgan fingerprint density at radius 3 is 1.22 bits per heavy atom. The third-order valence-corrected chi connectivity index (χ3v) is 7.32. The van der Waals surface area contributed by atoms with E-state index in [4.69, 9.17) is 9.47 Å². The van der Waals surface area contributed by atoms with Crippen LogP contribution < -0.4 is 9.47 Å². The number of nitrogens with zero attached hydrogens (tertiary/aromatic N) is 2. The van der Waals surface area contributed by atoms with E-state index in [1.54, 1.807) is 36.4 Å². The topological polar surface area (TPSA) is 100 Å². The molecule has 0 bridgehead atoms. The number of ether oxygens (including phenoxy) is 2. The van der Waals surface area contributed by atoms with Gasteiger partial charge in [0.25, 0.3) is 0 Å². The third-order valence-electron chi connectivity index (χ3n) is 7.32. The Balaban J connectivity index is 1.13. The number of aryl methyl sites for hydroxylation is 2. The van der Waals surface area contributed by atoms with Crippen LogP contribution in [0.25, 0.3) is 23.3 Å². The number of benzene rings is 4. The second-order valence-corrected chi connectivity index (χ2v) is 11.1. The number of hydrogen-bond acceptors (Lipinski definition) is 6. The largest absolute Gasteiger partial charge is 0.427 e. The van der Waals surface area contributed by atoms with Crippen molar-refractivity contribution in [1.29, 1.82) is 10.5 Å². The molecule has 0 atom stereocenters. The van der Waals surface area contributed by atoms with Crippen LogP contribution in [0.5, 0.6) is 11.5 Å². The van der Waals surface area contributed by atoms with E-state index in [2.05, 4.69) is 12.1 Å². The smallest absolute Gasteiger partial charge is 0.311 e. The van der Waals surface area contributed by atoms with E-state index in [9.17, 15) is 20.1 Å². The molecule has 0 saturated carbocycles. The van der Waals surface area contributed by atoms with Crippen molar-refractivity contribution in [3.8, 4) is 23.6 Å². The number of carbonyl (C=O) groups excluding carboxylic acids is 2. The van der Waals surface area contributed by atoms with Gasteiger partial charge in [0.2, 0.25) is 0 Å². The highest BCUT2D eigenvalue weighted by molar-refractivity contribution is 5.90. The molecule has 0 radical (unpaired) electrons. The lowest BCUT2D eigenvalue weighted by Crippen LogP contribution is -2.08. The van der Waals surface area contributed by atoms with Crippen LogP contribution in [-0.4, -0.2) is 11.9 Å². The van der Waals surface area contributed by atoms with Gasteiger partial charge >= 0.3 is 11.9 Å². The summed E-state index contributed by atoms with van der Waals surface area (Å²) in [7, 11) is 0. The molecule has 0 N–H and O–H groups in total. The van der Waals surface area contributed by atoms with Gasteiger partial charge in [-0.2, -0.15) is 10.5 Å². The molecule has 0 aliphatic carbocycles. The van der Waals surface area contributed by atoms with Crippen LogP contribution in [0.1, 0.15) is 71.9 Å². The molecule has 6 heteroatoms. The molecule has 0 aliphatic rings. The zero-order valence-corrected chi connectivity index (χ0v) is 26.2. The highest BCUT2D eigenvalue weighted by Crippen LogP contribution is 2.22. The number of esters is 2. The predicted molar refractivity (Wildman–Crippen MR) is 181 cm³/mol. The Morgan fingerprint density at radius 2 is 0.891 bits per heavy atom. The number of carbonyl (C=O) groups is 2. The minimum Gasteiger partial charge on any atom is -0.427 e. The van der Waals surface area contributed by atoms with Crippen LogP contribution in [0.3, 0.4) is 0 Å². The second-order valence-electron chi connectivity index (χ2n) is 11.1. The van der Waals surface area contributed by atoms with Gasteiger partial charge in [-0.25, -0.2) is 0 Å². The number of nitriles is 2. The summed E-state index contributed by atoms with van der Waals surface area (Å²) >= 11 is 0. The van der Waals surface area contributed by atoms with Crippen LogP contribution in [0.2, 0.25) is 0 Å². The molecule has 0 spiro atoms. The molecule has 0 aromatic heterocycles. The van der Waals surface area contributed by atoms with Crippen molar-refractivity contribution in [2.45, 2.75) is 52.4 Å². The van der Waals surface area contributed by atoms with Crippen molar-refractivity contribution in [3.63, 3.8) is 0 Å².